The number of hydrogen-bond donors (Lipinski definition) is 3. The van der Waals surface area contributed by atoms with E-state index in [1.165, 1.54) is 23.1 Å². The number of aliphatic hydroxyl groups excluding tert-OH is 2. The molecule has 1 fully saturated rings. The lowest BCUT2D eigenvalue weighted by Crippen LogP contribution is -2.28. The summed E-state index contributed by atoms with van der Waals surface area (Å²) in [5.74, 6) is 0.731. The SMILES string of the molecule is CCC(CC)(c1ccc(C=CC2(O)CCCCC2)c(C)c1)c1ccc(OCC(O)CO)c(C)c1. The highest BCUT2D eigenvalue weighted by Crippen LogP contribution is 2.41. The molecule has 1 aliphatic carbocycles. The standard InChI is InChI=1S/C30H42O4/c1-5-30(6-2,26-12-13-28(23(4)19-26)34-21-27(32)20-31)25-11-10-24(22(3)18-25)14-17-29(33)15-8-7-9-16-29/h10-14,17-19,27,31-33H,5-9,15-16,20-21H2,1-4H3. The molecule has 0 radical (unpaired) electrons. The summed E-state index contributed by atoms with van der Waals surface area (Å²) in [4.78, 5) is 0. The van der Waals surface area contributed by atoms with E-state index in [1.54, 1.807) is 0 Å². The Morgan fingerprint density at radius 2 is 1.59 bits per heavy atom. The van der Waals surface area contributed by atoms with Crippen molar-refractivity contribution < 1.29 is 20.1 Å². The Labute approximate surface area is 205 Å². The smallest absolute Gasteiger partial charge is 0.122 e. The highest BCUT2D eigenvalue weighted by atomic mass is 16.5. The topological polar surface area (TPSA) is 69.9 Å². The van der Waals surface area contributed by atoms with E-state index in [0.29, 0.717) is 0 Å². The van der Waals surface area contributed by atoms with Crippen molar-refractivity contribution in [1.29, 1.82) is 0 Å². The summed E-state index contributed by atoms with van der Waals surface area (Å²) >= 11 is 0. The first kappa shape index (κ1) is 26.5. The molecule has 0 saturated heterocycles. The van der Waals surface area contributed by atoms with Gasteiger partial charge in [-0.15, -0.1) is 0 Å². The fourth-order valence-electron chi connectivity index (χ4n) is 5.32. The summed E-state index contributed by atoms with van der Waals surface area (Å²) in [6, 6.07) is 13.0. The first-order valence-corrected chi connectivity index (χ1v) is 12.8. The van der Waals surface area contributed by atoms with E-state index in [4.69, 9.17) is 9.84 Å². The zero-order valence-electron chi connectivity index (χ0n) is 21.3. The summed E-state index contributed by atoms with van der Waals surface area (Å²) < 4.78 is 5.71. The predicted molar refractivity (Wildman–Crippen MR) is 139 cm³/mol. The van der Waals surface area contributed by atoms with Crippen molar-refractivity contribution in [3.8, 4) is 5.75 Å². The molecule has 2 aromatic rings. The van der Waals surface area contributed by atoms with Crippen LogP contribution in [0.5, 0.6) is 5.75 Å². The average Bonchev–Trinajstić information content (AvgIpc) is 2.84. The predicted octanol–water partition coefficient (Wildman–Crippen LogP) is 5.85. The van der Waals surface area contributed by atoms with Gasteiger partial charge < -0.3 is 20.1 Å². The molecule has 34 heavy (non-hydrogen) atoms. The van der Waals surface area contributed by atoms with Crippen LogP contribution in [0.15, 0.2) is 42.5 Å². The maximum Gasteiger partial charge on any atom is 0.122 e. The van der Waals surface area contributed by atoms with Crippen molar-refractivity contribution in [3.63, 3.8) is 0 Å². The van der Waals surface area contributed by atoms with E-state index in [-0.39, 0.29) is 18.6 Å². The molecule has 3 N–H and O–H groups in total. The van der Waals surface area contributed by atoms with Crippen molar-refractivity contribution >= 4 is 6.08 Å². The molecule has 0 amide bonds. The third kappa shape index (κ3) is 5.91. The van der Waals surface area contributed by atoms with Gasteiger partial charge in [0.15, 0.2) is 0 Å². The molecule has 4 nitrogen and oxygen atoms in total. The third-order valence-corrected chi connectivity index (χ3v) is 7.69. The second-order valence-electron chi connectivity index (χ2n) is 9.99. The fraction of sp³-hybridized carbons (Fsp3) is 0.533. The molecular formula is C30H42O4. The van der Waals surface area contributed by atoms with Crippen LogP contribution >= 0.6 is 0 Å². The number of aliphatic hydroxyl groups is 3. The second kappa shape index (κ2) is 11.5. The van der Waals surface area contributed by atoms with Gasteiger partial charge in [0.1, 0.15) is 18.5 Å². The largest absolute Gasteiger partial charge is 0.491 e. The van der Waals surface area contributed by atoms with Gasteiger partial charge in [0.05, 0.1) is 12.2 Å². The van der Waals surface area contributed by atoms with Gasteiger partial charge in [0.25, 0.3) is 0 Å². The fourth-order valence-corrected chi connectivity index (χ4v) is 5.32. The lowest BCUT2D eigenvalue weighted by molar-refractivity contribution is 0.0521. The third-order valence-electron chi connectivity index (χ3n) is 7.69. The van der Waals surface area contributed by atoms with Crippen molar-refractivity contribution in [3.05, 3.63) is 70.3 Å². The highest BCUT2D eigenvalue weighted by molar-refractivity contribution is 5.57. The second-order valence-corrected chi connectivity index (χ2v) is 9.99. The van der Waals surface area contributed by atoms with Gasteiger partial charge in [-0.25, -0.2) is 0 Å². The van der Waals surface area contributed by atoms with Crippen LogP contribution in [-0.2, 0) is 5.41 Å². The zero-order valence-corrected chi connectivity index (χ0v) is 21.3. The van der Waals surface area contributed by atoms with Gasteiger partial charge in [-0.1, -0.05) is 75.6 Å². The first-order valence-electron chi connectivity index (χ1n) is 12.8. The molecule has 2 aromatic carbocycles. The molecule has 0 aromatic heterocycles. The van der Waals surface area contributed by atoms with E-state index in [1.807, 2.05) is 19.1 Å². The Kier molecular flexibility index (Phi) is 8.97. The summed E-state index contributed by atoms with van der Waals surface area (Å²) in [5, 5.41) is 29.5. The van der Waals surface area contributed by atoms with Crippen LogP contribution in [0.3, 0.4) is 0 Å². The maximum absolute atomic E-state index is 10.8. The summed E-state index contributed by atoms with van der Waals surface area (Å²) in [6.45, 7) is 8.42. The average molecular weight is 467 g/mol. The minimum atomic E-state index is -0.876. The Bertz CT molecular complexity index is 968. The lowest BCUT2D eigenvalue weighted by atomic mass is 9.70. The van der Waals surface area contributed by atoms with Crippen molar-refractivity contribution in [1.82, 2.24) is 0 Å². The molecule has 186 valence electrons. The van der Waals surface area contributed by atoms with Crippen LogP contribution in [0.1, 0.15) is 86.6 Å². The Hall–Kier alpha value is -2.14. The van der Waals surface area contributed by atoms with Crippen molar-refractivity contribution in [2.45, 2.75) is 89.8 Å². The Balaban J connectivity index is 1.88. The van der Waals surface area contributed by atoms with Gasteiger partial charge in [0.2, 0.25) is 0 Å². The van der Waals surface area contributed by atoms with E-state index in [0.717, 1.165) is 55.4 Å². The molecule has 0 spiro atoms. The van der Waals surface area contributed by atoms with Gasteiger partial charge in [-0.3, -0.25) is 0 Å². The van der Waals surface area contributed by atoms with E-state index >= 15 is 0 Å². The number of rotatable bonds is 10. The zero-order chi connectivity index (χ0) is 24.8. The van der Waals surface area contributed by atoms with Crippen molar-refractivity contribution in [2.75, 3.05) is 13.2 Å². The van der Waals surface area contributed by atoms with Gasteiger partial charge in [-0.05, 0) is 73.4 Å². The molecule has 1 atom stereocenters. The van der Waals surface area contributed by atoms with E-state index in [9.17, 15) is 10.2 Å². The number of hydrogen-bond acceptors (Lipinski definition) is 4. The van der Waals surface area contributed by atoms with Crippen LogP contribution in [0.2, 0.25) is 0 Å². The minimum absolute atomic E-state index is 0.0761. The van der Waals surface area contributed by atoms with Crippen LogP contribution in [-0.4, -0.2) is 40.2 Å². The number of benzene rings is 2. The summed E-state index contributed by atoms with van der Waals surface area (Å²) in [5.41, 5.74) is 5.18. The maximum atomic E-state index is 10.8. The number of aryl methyl sites for hydroxylation is 2. The van der Waals surface area contributed by atoms with Crippen LogP contribution in [0.4, 0.5) is 0 Å². The van der Waals surface area contributed by atoms with E-state index < -0.39 is 11.7 Å². The highest BCUT2D eigenvalue weighted by Gasteiger charge is 2.31. The van der Waals surface area contributed by atoms with Gasteiger partial charge >= 0.3 is 0 Å². The molecule has 0 bridgehead atoms. The van der Waals surface area contributed by atoms with E-state index in [2.05, 4.69) is 57.2 Å². The molecule has 1 unspecified atom stereocenters. The molecule has 1 saturated carbocycles. The molecule has 4 heteroatoms. The van der Waals surface area contributed by atoms with Crippen molar-refractivity contribution in [2.24, 2.45) is 0 Å². The Morgan fingerprint density at radius 1 is 0.971 bits per heavy atom. The van der Waals surface area contributed by atoms with Crippen LogP contribution in [0, 0.1) is 13.8 Å². The minimum Gasteiger partial charge on any atom is -0.491 e. The first-order chi connectivity index (χ1) is 16.3. The quantitative estimate of drug-likeness (QED) is 0.411. The molecular weight excluding hydrogens is 424 g/mol. The molecule has 3 rings (SSSR count). The number of ether oxygens (including phenoxy) is 1. The van der Waals surface area contributed by atoms with Crippen LogP contribution < -0.4 is 4.74 Å². The van der Waals surface area contributed by atoms with Gasteiger partial charge in [0, 0.05) is 5.41 Å². The summed E-state index contributed by atoms with van der Waals surface area (Å²) in [6.07, 6.45) is 10.3. The normalized spacial score (nSPS) is 17.1. The monoisotopic (exact) mass is 466 g/mol. The summed E-state index contributed by atoms with van der Waals surface area (Å²) in [7, 11) is 0. The lowest BCUT2D eigenvalue weighted by Gasteiger charge is -2.34. The molecule has 0 aliphatic heterocycles. The molecule has 1 aliphatic rings. The van der Waals surface area contributed by atoms with Crippen LogP contribution in [0.25, 0.3) is 6.08 Å². The van der Waals surface area contributed by atoms with Gasteiger partial charge in [-0.2, -0.15) is 0 Å². The Morgan fingerprint density at radius 3 is 2.15 bits per heavy atom. The molecule has 0 heterocycles.